The van der Waals surface area contributed by atoms with Crippen LogP contribution in [0.5, 0.6) is 17.2 Å². The summed E-state index contributed by atoms with van der Waals surface area (Å²) in [4.78, 5) is 1.34. The standard InChI is InChI=1S/C23H28B3ClN2O5/c1-22(2,29(8-7-28)23(26,33)34)6-5-11-9-15(13-4-3-12(27)10-14(11)13)16-17(24)18(25)20(31)21(32)19(16)30/h3-4,10-11,15,30-34H,5-9,28H2,1-2H3/t11-,15-/m1/s1. The van der Waals surface area contributed by atoms with Crippen LogP contribution in [0.15, 0.2) is 18.2 Å². The molecule has 0 saturated heterocycles. The molecule has 0 heterocycles. The minimum absolute atomic E-state index is 0.00211. The van der Waals surface area contributed by atoms with Crippen LogP contribution in [0.3, 0.4) is 0 Å². The van der Waals surface area contributed by atoms with Crippen molar-refractivity contribution in [1.82, 2.24) is 4.90 Å². The van der Waals surface area contributed by atoms with Gasteiger partial charge in [-0.2, -0.15) is 0 Å². The van der Waals surface area contributed by atoms with E-state index in [2.05, 4.69) is 0 Å². The van der Waals surface area contributed by atoms with E-state index in [1.807, 2.05) is 26.0 Å². The van der Waals surface area contributed by atoms with Gasteiger partial charge in [-0.05, 0) is 67.9 Å². The van der Waals surface area contributed by atoms with Gasteiger partial charge in [-0.15, -0.1) is 0 Å². The number of phenols is 3. The summed E-state index contributed by atoms with van der Waals surface area (Å²) in [6, 6.07) is 5.44. The maximum absolute atomic E-state index is 10.6. The first-order valence-corrected chi connectivity index (χ1v) is 11.4. The quantitative estimate of drug-likeness (QED) is 0.182. The zero-order valence-corrected chi connectivity index (χ0v) is 20.0. The van der Waals surface area contributed by atoms with Crippen molar-refractivity contribution in [2.75, 3.05) is 13.1 Å². The van der Waals surface area contributed by atoms with Gasteiger partial charge in [-0.3, -0.25) is 4.90 Å². The van der Waals surface area contributed by atoms with Gasteiger partial charge < -0.3 is 31.3 Å². The zero-order chi connectivity index (χ0) is 25.6. The number of nitrogens with zero attached hydrogens (tertiary/aromatic N) is 1. The van der Waals surface area contributed by atoms with Crippen LogP contribution >= 0.6 is 11.6 Å². The third-order valence-corrected chi connectivity index (χ3v) is 7.09. The maximum Gasteiger partial charge on any atom is 0.199 e. The van der Waals surface area contributed by atoms with Crippen molar-refractivity contribution in [2.45, 2.75) is 56.3 Å². The van der Waals surface area contributed by atoms with Gasteiger partial charge in [0.05, 0.1) is 0 Å². The van der Waals surface area contributed by atoms with Crippen LogP contribution < -0.4 is 16.7 Å². The van der Waals surface area contributed by atoms with Crippen molar-refractivity contribution in [3.8, 4) is 17.2 Å². The number of phenolic OH excluding ortho intramolecular Hbond substituents is 3. The Bertz CT molecular complexity index is 1050. The molecule has 0 aliphatic heterocycles. The van der Waals surface area contributed by atoms with E-state index in [0.717, 1.165) is 11.1 Å². The molecule has 1 aliphatic carbocycles. The molecule has 0 fully saturated rings. The second-order valence-electron chi connectivity index (χ2n) is 9.52. The van der Waals surface area contributed by atoms with Gasteiger partial charge in [-0.1, -0.05) is 28.6 Å². The van der Waals surface area contributed by atoms with Crippen LogP contribution in [0, 0.1) is 0 Å². The van der Waals surface area contributed by atoms with Gasteiger partial charge in [0.15, 0.2) is 30.9 Å². The molecule has 6 radical (unpaired) electrons. The Kier molecular flexibility index (Phi) is 7.61. The number of fused-ring (bicyclic) bond motifs is 1. The molecule has 1 aliphatic rings. The number of nitrogens with two attached hydrogens (primary N) is 1. The van der Waals surface area contributed by atoms with Crippen LogP contribution in [-0.2, 0) is 0 Å². The second-order valence-corrected chi connectivity index (χ2v) is 9.96. The molecule has 3 rings (SSSR count). The third kappa shape index (κ3) is 4.93. The summed E-state index contributed by atoms with van der Waals surface area (Å²) in [5, 5.41) is 51.4. The Morgan fingerprint density at radius 1 is 1.06 bits per heavy atom. The SMILES string of the molecule is [B]c1c([B])c([C@@H]2C[C@@H](CCC(C)(C)N(CCN)C([B])(O)O)c3cc(Cl)ccc32)c(O)c(O)c1O. The normalized spacial score (nSPS) is 18.4. The van der Waals surface area contributed by atoms with E-state index in [-0.39, 0.29) is 35.5 Å². The largest absolute Gasteiger partial charge is 0.505 e. The average molecular weight is 480 g/mol. The molecule has 0 bridgehead atoms. The molecule has 34 heavy (non-hydrogen) atoms. The molecular weight excluding hydrogens is 452 g/mol. The van der Waals surface area contributed by atoms with E-state index < -0.39 is 34.5 Å². The van der Waals surface area contributed by atoms with E-state index in [1.54, 1.807) is 6.07 Å². The fourth-order valence-electron chi connectivity index (χ4n) is 5.13. The summed E-state index contributed by atoms with van der Waals surface area (Å²) in [5.41, 5.74) is 6.81. The van der Waals surface area contributed by atoms with Crippen LogP contribution in [0.1, 0.15) is 61.6 Å². The number of aliphatic hydroxyl groups is 2. The molecule has 0 saturated carbocycles. The predicted molar refractivity (Wildman–Crippen MR) is 135 cm³/mol. The summed E-state index contributed by atoms with van der Waals surface area (Å²) in [5.74, 6) is -4.85. The molecular formula is C23H28B3ClN2O5. The van der Waals surface area contributed by atoms with Crippen LogP contribution in [0.2, 0.25) is 5.02 Å². The molecule has 11 heteroatoms. The minimum atomic E-state index is -2.52. The molecule has 0 aromatic heterocycles. The van der Waals surface area contributed by atoms with E-state index in [1.165, 1.54) is 4.90 Å². The number of halogens is 1. The van der Waals surface area contributed by atoms with E-state index >= 15 is 0 Å². The third-order valence-electron chi connectivity index (χ3n) is 6.86. The van der Waals surface area contributed by atoms with Gasteiger partial charge in [-0.25, -0.2) is 0 Å². The fourth-order valence-corrected chi connectivity index (χ4v) is 5.31. The molecule has 0 spiro atoms. The molecule has 7 nitrogen and oxygen atoms in total. The van der Waals surface area contributed by atoms with E-state index in [0.29, 0.717) is 24.3 Å². The first-order chi connectivity index (χ1) is 15.7. The summed E-state index contributed by atoms with van der Waals surface area (Å²) in [6.07, 6.45) is 1.67. The molecule has 2 aromatic rings. The summed E-state index contributed by atoms with van der Waals surface area (Å²) in [6.45, 7) is 4.08. The van der Waals surface area contributed by atoms with E-state index in [9.17, 15) is 25.5 Å². The van der Waals surface area contributed by atoms with Crippen LogP contribution in [0.4, 0.5) is 0 Å². The Labute approximate surface area is 208 Å². The van der Waals surface area contributed by atoms with Crippen molar-refractivity contribution in [1.29, 1.82) is 0 Å². The molecule has 0 amide bonds. The number of hydrogen-bond acceptors (Lipinski definition) is 7. The number of benzene rings is 2. The van der Waals surface area contributed by atoms with Crippen LogP contribution in [0.25, 0.3) is 0 Å². The summed E-state index contributed by atoms with van der Waals surface area (Å²) < 4.78 is 0. The Hall–Kier alpha value is -1.84. The highest BCUT2D eigenvalue weighted by Gasteiger charge is 2.40. The summed E-state index contributed by atoms with van der Waals surface area (Å²) in [7, 11) is 17.6. The number of rotatable bonds is 8. The predicted octanol–water partition coefficient (Wildman–Crippen LogP) is 0.248. The van der Waals surface area contributed by atoms with Gasteiger partial charge in [0, 0.05) is 29.6 Å². The second kappa shape index (κ2) is 9.67. The van der Waals surface area contributed by atoms with Crippen molar-refractivity contribution in [3.05, 3.63) is 39.9 Å². The highest BCUT2D eigenvalue weighted by Crippen LogP contribution is 2.51. The molecule has 176 valence electrons. The monoisotopic (exact) mass is 480 g/mol. The van der Waals surface area contributed by atoms with Crippen molar-refractivity contribution in [3.63, 3.8) is 0 Å². The lowest BCUT2D eigenvalue weighted by Crippen LogP contribution is -2.60. The molecule has 2 atom stereocenters. The number of aromatic hydroxyl groups is 3. The highest BCUT2D eigenvalue weighted by molar-refractivity contribution is 6.51. The van der Waals surface area contributed by atoms with Gasteiger partial charge in [0.1, 0.15) is 15.7 Å². The molecule has 0 unspecified atom stereocenters. The Balaban J connectivity index is 1.97. The summed E-state index contributed by atoms with van der Waals surface area (Å²) >= 11 is 6.29. The first kappa shape index (κ1) is 26.8. The lowest BCUT2D eigenvalue weighted by molar-refractivity contribution is -0.226. The van der Waals surface area contributed by atoms with Crippen molar-refractivity contribution < 1.29 is 25.5 Å². The lowest BCUT2D eigenvalue weighted by atomic mass is 9.72. The van der Waals surface area contributed by atoms with Crippen molar-refractivity contribution >= 4 is 46.1 Å². The Morgan fingerprint density at radius 3 is 2.29 bits per heavy atom. The highest BCUT2D eigenvalue weighted by atomic mass is 35.5. The minimum Gasteiger partial charge on any atom is -0.505 e. The van der Waals surface area contributed by atoms with Gasteiger partial charge in [0.2, 0.25) is 0 Å². The zero-order valence-electron chi connectivity index (χ0n) is 19.3. The van der Waals surface area contributed by atoms with Gasteiger partial charge in [0.25, 0.3) is 0 Å². The fraction of sp³-hybridized carbons (Fsp3) is 0.478. The maximum atomic E-state index is 10.6. The van der Waals surface area contributed by atoms with E-state index in [4.69, 9.17) is 40.9 Å². The molecule has 2 aromatic carbocycles. The topological polar surface area (TPSA) is 130 Å². The Morgan fingerprint density at radius 2 is 1.71 bits per heavy atom. The smallest absolute Gasteiger partial charge is 0.199 e. The van der Waals surface area contributed by atoms with Gasteiger partial charge >= 0.3 is 0 Å². The lowest BCUT2D eigenvalue weighted by Gasteiger charge is -2.45. The van der Waals surface area contributed by atoms with Crippen LogP contribution in [-0.4, -0.2) is 78.4 Å². The number of hydrogen-bond donors (Lipinski definition) is 6. The molecule has 7 N–H and O–H groups in total. The average Bonchev–Trinajstić information content (AvgIpc) is 3.10. The van der Waals surface area contributed by atoms with Crippen molar-refractivity contribution in [2.24, 2.45) is 5.73 Å². The first-order valence-electron chi connectivity index (χ1n) is 11.0.